The molecule has 2 heterocycles. The van der Waals surface area contributed by atoms with E-state index in [9.17, 15) is 18.0 Å². The van der Waals surface area contributed by atoms with Crippen LogP contribution in [0.5, 0.6) is 0 Å². The van der Waals surface area contributed by atoms with E-state index < -0.39 is 12.8 Å². The predicted octanol–water partition coefficient (Wildman–Crippen LogP) is 2.05. The van der Waals surface area contributed by atoms with Crippen molar-refractivity contribution in [2.24, 2.45) is 0 Å². The molecule has 2 fully saturated rings. The first-order valence-corrected chi connectivity index (χ1v) is 10.7. The molecule has 0 atom stereocenters. The number of nitrogens with one attached hydrogen (secondary N) is 1. The molecule has 1 N–H and O–H groups in total. The number of halogens is 3. The molecule has 7 nitrogen and oxygen atoms in total. The van der Waals surface area contributed by atoms with Gasteiger partial charge in [-0.05, 0) is 30.7 Å². The van der Waals surface area contributed by atoms with Crippen molar-refractivity contribution in [2.45, 2.75) is 12.6 Å². The molecule has 0 aliphatic carbocycles. The number of hydrogen-bond donors (Lipinski definition) is 1. The maximum Gasteiger partial charge on any atom is 0.411 e. The van der Waals surface area contributed by atoms with E-state index in [0.717, 1.165) is 63.9 Å². The van der Waals surface area contributed by atoms with E-state index in [4.69, 9.17) is 4.74 Å². The first-order chi connectivity index (χ1) is 14.9. The molecule has 2 saturated heterocycles. The standard InChI is InChI=1S/C21H31F3N4O3/c22-21(23,24)17-31-13-1-6-26-7-9-27(10-8-26)16-20(29)25-18-2-4-19(5-3-18)28-11-14-30-15-12-28/h2-5H,1,6-17H2,(H,25,29). The molecular formula is C21H31F3N4O3. The second kappa shape index (κ2) is 11.7. The molecule has 31 heavy (non-hydrogen) atoms. The van der Waals surface area contributed by atoms with Gasteiger partial charge in [-0.3, -0.25) is 9.69 Å². The average molecular weight is 444 g/mol. The normalized spacial score (nSPS) is 18.9. The Bertz CT molecular complexity index is 673. The fourth-order valence-corrected chi connectivity index (χ4v) is 3.73. The van der Waals surface area contributed by atoms with Gasteiger partial charge in [0.15, 0.2) is 0 Å². The zero-order chi connectivity index (χ0) is 22.1. The van der Waals surface area contributed by atoms with Gasteiger partial charge in [0.25, 0.3) is 0 Å². The molecule has 0 radical (unpaired) electrons. The molecule has 1 aromatic carbocycles. The fraction of sp³-hybridized carbons (Fsp3) is 0.667. The van der Waals surface area contributed by atoms with Gasteiger partial charge in [-0.15, -0.1) is 0 Å². The Balaban J connectivity index is 1.30. The molecule has 1 aromatic rings. The molecular weight excluding hydrogens is 413 g/mol. The summed E-state index contributed by atoms with van der Waals surface area (Å²) in [5.74, 6) is -0.0480. The number of ether oxygens (including phenoxy) is 2. The van der Waals surface area contributed by atoms with Crippen LogP contribution in [0.1, 0.15) is 6.42 Å². The molecule has 0 unspecified atom stereocenters. The van der Waals surface area contributed by atoms with Gasteiger partial charge >= 0.3 is 6.18 Å². The molecule has 0 bridgehead atoms. The van der Waals surface area contributed by atoms with Crippen LogP contribution in [0.15, 0.2) is 24.3 Å². The summed E-state index contributed by atoms with van der Waals surface area (Å²) in [6.45, 7) is 6.26. The molecule has 2 aliphatic heterocycles. The van der Waals surface area contributed by atoms with Crippen molar-refractivity contribution in [1.29, 1.82) is 0 Å². The van der Waals surface area contributed by atoms with Crippen molar-refractivity contribution in [1.82, 2.24) is 9.80 Å². The van der Waals surface area contributed by atoms with E-state index in [1.54, 1.807) is 0 Å². The van der Waals surface area contributed by atoms with E-state index in [0.29, 0.717) is 19.5 Å². The van der Waals surface area contributed by atoms with E-state index in [-0.39, 0.29) is 12.5 Å². The van der Waals surface area contributed by atoms with Crippen LogP contribution >= 0.6 is 0 Å². The Morgan fingerprint density at radius 3 is 2.29 bits per heavy atom. The number of hydrogen-bond acceptors (Lipinski definition) is 6. The van der Waals surface area contributed by atoms with Gasteiger partial charge < -0.3 is 24.6 Å². The number of piperazine rings is 1. The fourth-order valence-electron chi connectivity index (χ4n) is 3.73. The number of alkyl halides is 3. The van der Waals surface area contributed by atoms with Gasteiger partial charge in [0.2, 0.25) is 5.91 Å². The first kappa shape index (κ1) is 23.8. The van der Waals surface area contributed by atoms with E-state index >= 15 is 0 Å². The maximum absolute atomic E-state index is 12.4. The molecule has 10 heteroatoms. The topological polar surface area (TPSA) is 57.3 Å². The van der Waals surface area contributed by atoms with Gasteiger partial charge in [0.1, 0.15) is 6.61 Å². The number of anilines is 2. The van der Waals surface area contributed by atoms with Gasteiger partial charge in [0.05, 0.1) is 19.8 Å². The lowest BCUT2D eigenvalue weighted by atomic mass is 10.2. The minimum absolute atomic E-state index is 0.0480. The average Bonchev–Trinajstić information content (AvgIpc) is 2.75. The Kier molecular flexibility index (Phi) is 8.94. The van der Waals surface area contributed by atoms with Crippen LogP contribution in [0.3, 0.4) is 0 Å². The Hall–Kier alpha value is -1.88. The van der Waals surface area contributed by atoms with E-state index in [1.165, 1.54) is 0 Å². The van der Waals surface area contributed by atoms with Crippen molar-refractivity contribution < 1.29 is 27.4 Å². The van der Waals surface area contributed by atoms with Crippen LogP contribution in [-0.2, 0) is 14.3 Å². The Morgan fingerprint density at radius 1 is 1.00 bits per heavy atom. The highest BCUT2D eigenvalue weighted by Crippen LogP contribution is 2.19. The van der Waals surface area contributed by atoms with Crippen molar-refractivity contribution in [3.63, 3.8) is 0 Å². The highest BCUT2D eigenvalue weighted by atomic mass is 19.4. The highest BCUT2D eigenvalue weighted by Gasteiger charge is 2.27. The smallest absolute Gasteiger partial charge is 0.378 e. The minimum Gasteiger partial charge on any atom is -0.378 e. The van der Waals surface area contributed by atoms with Gasteiger partial charge in [-0.1, -0.05) is 0 Å². The Morgan fingerprint density at radius 2 is 1.65 bits per heavy atom. The zero-order valence-corrected chi connectivity index (χ0v) is 17.7. The number of rotatable bonds is 9. The van der Waals surface area contributed by atoms with Crippen LogP contribution in [0.4, 0.5) is 24.5 Å². The van der Waals surface area contributed by atoms with Crippen molar-refractivity contribution in [3.8, 4) is 0 Å². The quantitative estimate of drug-likeness (QED) is 0.589. The van der Waals surface area contributed by atoms with Crippen molar-refractivity contribution in [3.05, 3.63) is 24.3 Å². The van der Waals surface area contributed by atoms with Crippen molar-refractivity contribution in [2.75, 3.05) is 89.0 Å². The number of carbonyl (C=O) groups is 1. The molecule has 2 aliphatic rings. The SMILES string of the molecule is O=C(CN1CCN(CCCOCC(F)(F)F)CC1)Nc1ccc(N2CCOCC2)cc1. The summed E-state index contributed by atoms with van der Waals surface area (Å²) in [5.41, 5.74) is 1.90. The van der Waals surface area contributed by atoms with Gasteiger partial charge in [0, 0.05) is 63.8 Å². The molecule has 0 saturated carbocycles. The minimum atomic E-state index is -4.27. The van der Waals surface area contributed by atoms with Crippen LogP contribution < -0.4 is 10.2 Å². The van der Waals surface area contributed by atoms with Crippen LogP contribution in [0.25, 0.3) is 0 Å². The van der Waals surface area contributed by atoms with E-state index in [2.05, 4.69) is 24.8 Å². The summed E-state index contributed by atoms with van der Waals surface area (Å²) < 4.78 is 46.1. The lowest BCUT2D eigenvalue weighted by molar-refractivity contribution is -0.174. The third kappa shape index (κ3) is 8.64. The number of carbonyl (C=O) groups excluding carboxylic acids is 1. The van der Waals surface area contributed by atoms with Crippen LogP contribution in [0, 0.1) is 0 Å². The highest BCUT2D eigenvalue weighted by molar-refractivity contribution is 5.92. The van der Waals surface area contributed by atoms with Crippen LogP contribution in [0.2, 0.25) is 0 Å². The van der Waals surface area contributed by atoms with Gasteiger partial charge in [-0.25, -0.2) is 0 Å². The number of benzene rings is 1. The summed E-state index contributed by atoms with van der Waals surface area (Å²) in [7, 11) is 0. The molecule has 0 spiro atoms. The molecule has 1 amide bonds. The summed E-state index contributed by atoms with van der Waals surface area (Å²) in [5, 5.41) is 2.95. The largest absolute Gasteiger partial charge is 0.411 e. The lowest BCUT2D eigenvalue weighted by Gasteiger charge is -2.34. The summed E-state index contributed by atoms with van der Waals surface area (Å²) in [6, 6.07) is 7.86. The number of amides is 1. The summed E-state index contributed by atoms with van der Waals surface area (Å²) >= 11 is 0. The monoisotopic (exact) mass is 444 g/mol. The van der Waals surface area contributed by atoms with Crippen molar-refractivity contribution >= 4 is 17.3 Å². The predicted molar refractivity (Wildman–Crippen MR) is 112 cm³/mol. The number of nitrogens with zero attached hydrogens (tertiary/aromatic N) is 3. The second-order valence-corrected chi connectivity index (χ2v) is 7.83. The van der Waals surface area contributed by atoms with Crippen LogP contribution in [-0.4, -0.2) is 101 Å². The number of morpholine rings is 1. The third-order valence-corrected chi connectivity index (χ3v) is 5.39. The molecule has 3 rings (SSSR count). The molecule has 0 aromatic heterocycles. The Labute approximate surface area is 181 Å². The third-order valence-electron chi connectivity index (χ3n) is 5.39. The van der Waals surface area contributed by atoms with E-state index in [1.807, 2.05) is 24.3 Å². The first-order valence-electron chi connectivity index (χ1n) is 10.7. The second-order valence-electron chi connectivity index (χ2n) is 7.83. The lowest BCUT2D eigenvalue weighted by Crippen LogP contribution is -2.48. The molecule has 174 valence electrons. The van der Waals surface area contributed by atoms with Gasteiger partial charge in [-0.2, -0.15) is 13.2 Å². The summed E-state index contributed by atoms with van der Waals surface area (Å²) in [6.07, 6.45) is -3.70. The summed E-state index contributed by atoms with van der Waals surface area (Å²) in [4.78, 5) is 18.9. The maximum atomic E-state index is 12.4. The zero-order valence-electron chi connectivity index (χ0n) is 17.7.